The van der Waals surface area contributed by atoms with Crippen LogP contribution < -0.4 is 11.1 Å². The Morgan fingerprint density at radius 3 is 2.25 bits per heavy atom. The Hall–Kier alpha value is -1.14. The zero-order valence-corrected chi connectivity index (χ0v) is 9.88. The molecule has 5 nitrogen and oxygen atoms in total. The summed E-state index contributed by atoms with van der Waals surface area (Å²) in [7, 11) is 1.59. The molecule has 1 rings (SSSR count). The average Bonchev–Trinajstić information content (AvgIpc) is 2.18. The van der Waals surface area contributed by atoms with Crippen LogP contribution in [-0.4, -0.2) is 29.9 Å². The molecule has 1 atom stereocenters. The van der Waals surface area contributed by atoms with E-state index >= 15 is 0 Å². The maximum atomic E-state index is 11.1. The van der Waals surface area contributed by atoms with Crippen LogP contribution in [0.5, 0.6) is 0 Å². The van der Waals surface area contributed by atoms with E-state index in [1.54, 1.807) is 7.05 Å². The van der Waals surface area contributed by atoms with Gasteiger partial charge in [0, 0.05) is 7.05 Å². The molecule has 0 saturated carbocycles. The van der Waals surface area contributed by atoms with Crippen molar-refractivity contribution < 1.29 is 15.7 Å². The lowest BCUT2D eigenvalue weighted by molar-refractivity contribution is -0.121. The topological polar surface area (TPSA) is 118 Å². The molecule has 1 aromatic rings. The number of nitrogens with two attached hydrogens (primary N) is 1. The van der Waals surface area contributed by atoms with E-state index < -0.39 is 6.04 Å². The van der Waals surface area contributed by atoms with Crippen LogP contribution in [0.25, 0.3) is 0 Å². The normalized spacial score (nSPS) is 9.88. The molecule has 16 heavy (non-hydrogen) atoms. The molecular weight excluding hydrogens is 232 g/mol. The van der Waals surface area contributed by atoms with E-state index in [4.69, 9.17) is 5.73 Å². The maximum absolute atomic E-state index is 11.1. The number of benzene rings is 1. The van der Waals surface area contributed by atoms with Crippen LogP contribution in [-0.2, 0) is 11.2 Å². The summed E-state index contributed by atoms with van der Waals surface area (Å²) in [5.74, 6) is -0.121. The molecule has 1 unspecified atom stereocenters. The Balaban J connectivity index is -0.000000563. The summed E-state index contributed by atoms with van der Waals surface area (Å²) in [6.07, 6.45) is 0.584. The summed E-state index contributed by atoms with van der Waals surface area (Å²) in [6, 6.07) is 9.28. The summed E-state index contributed by atoms with van der Waals surface area (Å²) in [4.78, 5) is 11.1. The van der Waals surface area contributed by atoms with Gasteiger partial charge in [-0.25, -0.2) is 0 Å². The highest BCUT2D eigenvalue weighted by molar-refractivity contribution is 5.85. The van der Waals surface area contributed by atoms with Gasteiger partial charge < -0.3 is 22.0 Å². The number of rotatable bonds is 3. The first kappa shape index (κ1) is 20.3. The zero-order valence-electron chi connectivity index (χ0n) is 9.07. The highest BCUT2D eigenvalue weighted by Gasteiger charge is 2.11. The molecule has 0 radical (unpaired) electrons. The summed E-state index contributed by atoms with van der Waals surface area (Å²) >= 11 is 0. The Kier molecular flexibility index (Phi) is 13.2. The molecule has 0 aliphatic rings. The lowest BCUT2D eigenvalue weighted by Gasteiger charge is -2.09. The van der Waals surface area contributed by atoms with E-state index in [1.807, 2.05) is 30.3 Å². The quantitative estimate of drug-likeness (QED) is 0.721. The molecule has 6 heteroatoms. The predicted octanol–water partition coefficient (Wildman–Crippen LogP) is -0.925. The predicted molar refractivity (Wildman–Crippen MR) is 66.7 cm³/mol. The van der Waals surface area contributed by atoms with Crippen molar-refractivity contribution in [3.63, 3.8) is 0 Å². The van der Waals surface area contributed by atoms with Crippen molar-refractivity contribution in [1.82, 2.24) is 5.32 Å². The number of carbonyl (C=O) groups excluding carboxylic acids is 1. The lowest BCUT2D eigenvalue weighted by Crippen LogP contribution is -2.40. The van der Waals surface area contributed by atoms with Gasteiger partial charge in [0.25, 0.3) is 0 Å². The Labute approximate surface area is 101 Å². The second-order valence-electron chi connectivity index (χ2n) is 2.91. The third kappa shape index (κ3) is 6.36. The van der Waals surface area contributed by atoms with Gasteiger partial charge in [-0.15, -0.1) is 12.4 Å². The minimum absolute atomic E-state index is 0. The van der Waals surface area contributed by atoms with Gasteiger partial charge in [-0.1, -0.05) is 30.3 Å². The van der Waals surface area contributed by atoms with Gasteiger partial charge >= 0.3 is 0 Å². The number of carbonyl (C=O) groups is 1. The molecule has 0 heterocycles. The fraction of sp³-hybridized carbons (Fsp3) is 0.300. The van der Waals surface area contributed by atoms with Crippen molar-refractivity contribution in [1.29, 1.82) is 0 Å². The first-order chi connectivity index (χ1) is 6.24. The SMILES string of the molecule is CNC(=O)C(N)Cc1ccccc1.Cl.O.O. The minimum atomic E-state index is -0.451. The third-order valence-corrected chi connectivity index (χ3v) is 1.88. The fourth-order valence-electron chi connectivity index (χ4n) is 1.15. The summed E-state index contributed by atoms with van der Waals surface area (Å²) in [5, 5.41) is 2.52. The average molecular weight is 251 g/mol. The molecule has 0 bridgehead atoms. The Bertz CT molecular complexity index is 283. The van der Waals surface area contributed by atoms with Gasteiger partial charge in [0.05, 0.1) is 6.04 Å². The van der Waals surface area contributed by atoms with Crippen LogP contribution in [0.1, 0.15) is 5.56 Å². The van der Waals surface area contributed by atoms with Gasteiger partial charge in [0.15, 0.2) is 0 Å². The van der Waals surface area contributed by atoms with E-state index in [1.165, 1.54) is 0 Å². The summed E-state index contributed by atoms with van der Waals surface area (Å²) < 4.78 is 0. The maximum Gasteiger partial charge on any atom is 0.237 e. The second kappa shape index (κ2) is 10.4. The van der Waals surface area contributed by atoms with Crippen LogP contribution >= 0.6 is 12.4 Å². The van der Waals surface area contributed by atoms with Gasteiger partial charge in [0.2, 0.25) is 5.91 Å². The van der Waals surface area contributed by atoms with Crippen LogP contribution in [0.2, 0.25) is 0 Å². The molecule has 1 aromatic carbocycles. The number of halogens is 1. The molecule has 0 spiro atoms. The highest BCUT2D eigenvalue weighted by Crippen LogP contribution is 2.01. The molecule has 0 fully saturated rings. The zero-order chi connectivity index (χ0) is 9.68. The fourth-order valence-corrected chi connectivity index (χ4v) is 1.15. The van der Waals surface area contributed by atoms with Gasteiger partial charge in [-0.2, -0.15) is 0 Å². The van der Waals surface area contributed by atoms with Crippen LogP contribution in [0.3, 0.4) is 0 Å². The number of hydrogen-bond acceptors (Lipinski definition) is 2. The number of likely N-dealkylation sites (N-methyl/N-ethyl adjacent to an activating group) is 1. The Morgan fingerprint density at radius 1 is 1.31 bits per heavy atom. The smallest absolute Gasteiger partial charge is 0.237 e. The van der Waals surface area contributed by atoms with Crippen molar-refractivity contribution >= 4 is 18.3 Å². The molecule has 0 aliphatic heterocycles. The largest absolute Gasteiger partial charge is 0.412 e. The molecule has 0 aliphatic carbocycles. The second-order valence-corrected chi connectivity index (χ2v) is 2.91. The van der Waals surface area contributed by atoms with Gasteiger partial charge in [-0.3, -0.25) is 4.79 Å². The van der Waals surface area contributed by atoms with Crippen LogP contribution in [0.4, 0.5) is 0 Å². The number of amides is 1. The van der Waals surface area contributed by atoms with Crippen LogP contribution in [0.15, 0.2) is 30.3 Å². The molecule has 0 aromatic heterocycles. The molecule has 1 amide bonds. The van der Waals surface area contributed by atoms with Gasteiger partial charge in [-0.05, 0) is 12.0 Å². The third-order valence-electron chi connectivity index (χ3n) is 1.88. The van der Waals surface area contributed by atoms with Crippen molar-refractivity contribution in [2.24, 2.45) is 5.73 Å². The molecule has 94 valence electrons. The van der Waals surface area contributed by atoms with E-state index in [2.05, 4.69) is 5.32 Å². The molecule has 0 saturated heterocycles. The Morgan fingerprint density at radius 2 is 1.81 bits per heavy atom. The first-order valence-electron chi connectivity index (χ1n) is 4.25. The van der Waals surface area contributed by atoms with Crippen molar-refractivity contribution in [3.05, 3.63) is 35.9 Å². The first-order valence-corrected chi connectivity index (χ1v) is 4.25. The monoisotopic (exact) mass is 250 g/mol. The molecular formula is C10H19ClN2O3. The standard InChI is InChI=1S/C10H14N2O.ClH.2H2O/c1-12-10(13)9(11)7-8-5-3-2-4-6-8;;;/h2-6,9H,7,11H2,1H3,(H,12,13);1H;2*1H2. The van der Waals surface area contributed by atoms with E-state index in [0.29, 0.717) is 6.42 Å². The number of hydrogen-bond donors (Lipinski definition) is 2. The molecule has 7 N–H and O–H groups in total. The van der Waals surface area contributed by atoms with Crippen molar-refractivity contribution in [2.45, 2.75) is 12.5 Å². The minimum Gasteiger partial charge on any atom is -0.412 e. The highest BCUT2D eigenvalue weighted by atomic mass is 35.5. The van der Waals surface area contributed by atoms with E-state index in [9.17, 15) is 4.79 Å². The van der Waals surface area contributed by atoms with Crippen molar-refractivity contribution in [3.8, 4) is 0 Å². The van der Waals surface area contributed by atoms with E-state index in [-0.39, 0.29) is 29.3 Å². The lowest BCUT2D eigenvalue weighted by atomic mass is 10.1. The van der Waals surface area contributed by atoms with Gasteiger partial charge in [0.1, 0.15) is 0 Å². The number of nitrogens with one attached hydrogen (secondary N) is 1. The van der Waals surface area contributed by atoms with Crippen LogP contribution in [0, 0.1) is 0 Å². The van der Waals surface area contributed by atoms with E-state index in [0.717, 1.165) is 5.56 Å². The van der Waals surface area contributed by atoms with Crippen molar-refractivity contribution in [2.75, 3.05) is 7.05 Å². The summed E-state index contributed by atoms with van der Waals surface area (Å²) in [6.45, 7) is 0. The summed E-state index contributed by atoms with van der Waals surface area (Å²) in [5.41, 5.74) is 6.73.